The van der Waals surface area contributed by atoms with Gasteiger partial charge in [0.1, 0.15) is 5.84 Å². The van der Waals surface area contributed by atoms with Gasteiger partial charge >= 0.3 is 0 Å². The minimum atomic E-state index is -1.00. The first kappa shape index (κ1) is 15.3. The van der Waals surface area contributed by atoms with Crippen LogP contribution >= 0.6 is 0 Å². The van der Waals surface area contributed by atoms with Crippen molar-refractivity contribution in [3.8, 4) is 0 Å². The molecule has 0 aliphatic carbocycles. The number of carbonyl (C=O) groups excluding carboxylic acids is 1. The number of aliphatic imine (C=N–C) groups is 2. The molecule has 0 fully saturated rings. The Bertz CT molecular complexity index is 435. The standard InChI is InChI=1S/C15H23N3O/c1-4-7-8-9-10-12(5-2)15(14(16)19)11-17-13(6-3)18-15/h7-12H,4-6H2,1-3H3,(H2,16,19)/b8-7+,10-9?. The van der Waals surface area contributed by atoms with E-state index in [4.69, 9.17) is 5.73 Å². The van der Waals surface area contributed by atoms with Crippen LogP contribution in [-0.2, 0) is 4.79 Å². The maximum atomic E-state index is 11.8. The van der Waals surface area contributed by atoms with Crippen molar-refractivity contribution in [2.45, 2.75) is 45.6 Å². The minimum absolute atomic E-state index is 0.0562. The van der Waals surface area contributed by atoms with Crippen molar-refractivity contribution in [2.24, 2.45) is 21.6 Å². The number of rotatable bonds is 7. The second kappa shape index (κ2) is 7.02. The topological polar surface area (TPSA) is 67.8 Å². The van der Waals surface area contributed by atoms with E-state index in [1.165, 1.54) is 0 Å². The maximum Gasteiger partial charge on any atom is 0.251 e. The van der Waals surface area contributed by atoms with Gasteiger partial charge < -0.3 is 5.73 Å². The zero-order valence-corrected chi connectivity index (χ0v) is 12.0. The highest BCUT2D eigenvalue weighted by atomic mass is 16.1. The molecule has 1 aliphatic rings. The number of nitrogens with two attached hydrogens (primary N) is 1. The number of nitrogens with zero attached hydrogens (tertiary/aromatic N) is 2. The lowest BCUT2D eigenvalue weighted by Crippen LogP contribution is -2.48. The Labute approximate surface area is 115 Å². The van der Waals surface area contributed by atoms with E-state index in [9.17, 15) is 4.79 Å². The Balaban J connectivity index is 3.02. The van der Waals surface area contributed by atoms with Gasteiger partial charge in [0.15, 0.2) is 5.54 Å². The average Bonchev–Trinajstić information content (AvgIpc) is 2.84. The fourth-order valence-electron chi connectivity index (χ4n) is 2.10. The lowest BCUT2D eigenvalue weighted by molar-refractivity contribution is -0.121. The normalized spacial score (nSPS) is 24.3. The summed E-state index contributed by atoms with van der Waals surface area (Å²) in [7, 11) is 0. The van der Waals surface area contributed by atoms with Crippen molar-refractivity contribution in [3.63, 3.8) is 0 Å². The number of primary amides is 1. The largest absolute Gasteiger partial charge is 0.367 e. The monoisotopic (exact) mass is 261 g/mol. The van der Waals surface area contributed by atoms with Crippen LogP contribution in [0.5, 0.6) is 0 Å². The number of amides is 1. The molecular weight excluding hydrogens is 238 g/mol. The van der Waals surface area contributed by atoms with Crippen molar-refractivity contribution in [1.29, 1.82) is 0 Å². The molecule has 0 saturated carbocycles. The molecule has 1 amide bonds. The van der Waals surface area contributed by atoms with Crippen LogP contribution in [0.25, 0.3) is 0 Å². The number of carbonyl (C=O) groups is 1. The molecule has 0 saturated heterocycles. The summed E-state index contributed by atoms with van der Waals surface area (Å²) in [5.41, 5.74) is 4.56. The predicted octanol–water partition coefficient (Wildman–Crippen LogP) is 2.65. The van der Waals surface area contributed by atoms with Gasteiger partial charge in [0.25, 0.3) is 5.91 Å². The third-order valence-corrected chi connectivity index (χ3v) is 3.27. The summed E-state index contributed by atoms with van der Waals surface area (Å²) in [6.45, 7) is 6.07. The zero-order chi connectivity index (χ0) is 14.3. The minimum Gasteiger partial charge on any atom is -0.367 e. The number of hydrogen-bond donors (Lipinski definition) is 1. The lowest BCUT2D eigenvalue weighted by atomic mass is 9.82. The van der Waals surface area contributed by atoms with E-state index in [1.54, 1.807) is 6.21 Å². The van der Waals surface area contributed by atoms with Crippen LogP contribution in [0.1, 0.15) is 40.0 Å². The Morgan fingerprint density at radius 1 is 1.42 bits per heavy atom. The molecule has 1 rings (SSSR count). The fraction of sp³-hybridized carbons (Fsp3) is 0.533. The summed E-state index contributed by atoms with van der Waals surface area (Å²) in [5.74, 6) is 0.199. The molecule has 2 unspecified atom stereocenters. The van der Waals surface area contributed by atoms with Crippen molar-refractivity contribution < 1.29 is 4.79 Å². The Morgan fingerprint density at radius 3 is 2.63 bits per heavy atom. The first-order chi connectivity index (χ1) is 9.10. The smallest absolute Gasteiger partial charge is 0.251 e. The summed E-state index contributed by atoms with van der Waals surface area (Å²) in [6, 6.07) is 0. The average molecular weight is 261 g/mol. The van der Waals surface area contributed by atoms with Crippen molar-refractivity contribution in [1.82, 2.24) is 0 Å². The molecule has 0 radical (unpaired) electrons. The Hall–Kier alpha value is -1.71. The van der Waals surface area contributed by atoms with Gasteiger partial charge in [-0.1, -0.05) is 45.1 Å². The summed E-state index contributed by atoms with van der Waals surface area (Å²) in [5, 5.41) is 0. The fourth-order valence-corrected chi connectivity index (χ4v) is 2.10. The van der Waals surface area contributed by atoms with E-state index < -0.39 is 11.4 Å². The SMILES string of the molecule is CC/C=C/C=CC(CC)C1(C(N)=O)C=NC(CC)=N1. The van der Waals surface area contributed by atoms with Crippen molar-refractivity contribution in [3.05, 3.63) is 24.3 Å². The highest BCUT2D eigenvalue weighted by Gasteiger charge is 2.43. The van der Waals surface area contributed by atoms with E-state index >= 15 is 0 Å². The van der Waals surface area contributed by atoms with E-state index in [0.29, 0.717) is 12.3 Å². The molecule has 0 aromatic rings. The molecule has 0 spiro atoms. The number of amidine groups is 1. The van der Waals surface area contributed by atoms with Crippen molar-refractivity contribution in [2.75, 3.05) is 0 Å². The van der Waals surface area contributed by atoms with E-state index in [-0.39, 0.29) is 5.92 Å². The van der Waals surface area contributed by atoms with Gasteiger partial charge in [-0.25, -0.2) is 9.98 Å². The highest BCUT2D eigenvalue weighted by Crippen LogP contribution is 2.29. The Morgan fingerprint density at radius 2 is 2.16 bits per heavy atom. The van der Waals surface area contributed by atoms with Crippen molar-refractivity contribution >= 4 is 18.0 Å². The van der Waals surface area contributed by atoms with Gasteiger partial charge in [0, 0.05) is 18.6 Å². The van der Waals surface area contributed by atoms with Gasteiger partial charge in [-0.3, -0.25) is 4.79 Å². The third-order valence-electron chi connectivity index (χ3n) is 3.27. The van der Waals surface area contributed by atoms with Crippen LogP contribution in [0.4, 0.5) is 0 Å². The van der Waals surface area contributed by atoms with E-state index in [1.807, 2.05) is 32.1 Å². The van der Waals surface area contributed by atoms with E-state index in [0.717, 1.165) is 12.8 Å². The molecule has 0 aromatic carbocycles. The van der Waals surface area contributed by atoms with Crippen LogP contribution in [-0.4, -0.2) is 23.5 Å². The summed E-state index contributed by atoms with van der Waals surface area (Å²) in [4.78, 5) is 20.5. The quantitative estimate of drug-likeness (QED) is 0.703. The molecule has 1 aliphatic heterocycles. The molecule has 19 heavy (non-hydrogen) atoms. The molecule has 0 bridgehead atoms. The zero-order valence-electron chi connectivity index (χ0n) is 12.0. The van der Waals surface area contributed by atoms with Crippen LogP contribution in [0.15, 0.2) is 34.3 Å². The van der Waals surface area contributed by atoms with Gasteiger partial charge in [-0.15, -0.1) is 0 Å². The molecule has 0 aromatic heterocycles. The van der Waals surface area contributed by atoms with Crippen LogP contribution in [0.2, 0.25) is 0 Å². The second-order valence-corrected chi connectivity index (χ2v) is 4.57. The van der Waals surface area contributed by atoms with Gasteiger partial charge in [0.05, 0.1) is 0 Å². The van der Waals surface area contributed by atoms with Gasteiger partial charge in [-0.05, 0) is 12.8 Å². The predicted molar refractivity (Wildman–Crippen MR) is 80.5 cm³/mol. The lowest BCUT2D eigenvalue weighted by Gasteiger charge is -2.26. The van der Waals surface area contributed by atoms with Crippen LogP contribution < -0.4 is 5.73 Å². The summed E-state index contributed by atoms with van der Waals surface area (Å²) >= 11 is 0. The molecule has 4 nitrogen and oxygen atoms in total. The first-order valence-corrected chi connectivity index (χ1v) is 6.87. The van der Waals surface area contributed by atoms with Gasteiger partial charge in [0.2, 0.25) is 0 Å². The molecule has 2 atom stereocenters. The molecule has 104 valence electrons. The second-order valence-electron chi connectivity index (χ2n) is 4.57. The maximum absolute atomic E-state index is 11.8. The molecule has 4 heteroatoms. The number of allylic oxidation sites excluding steroid dienone is 3. The molecule has 2 N–H and O–H groups in total. The third kappa shape index (κ3) is 3.40. The first-order valence-electron chi connectivity index (χ1n) is 6.87. The van der Waals surface area contributed by atoms with Gasteiger partial charge in [-0.2, -0.15) is 0 Å². The number of hydrogen-bond acceptors (Lipinski definition) is 3. The molecule has 1 heterocycles. The molecular formula is C15H23N3O. The summed E-state index contributed by atoms with van der Waals surface area (Å²) in [6.07, 6.45) is 12.1. The van der Waals surface area contributed by atoms with E-state index in [2.05, 4.69) is 23.0 Å². The summed E-state index contributed by atoms with van der Waals surface area (Å²) < 4.78 is 0. The highest BCUT2D eigenvalue weighted by molar-refractivity contribution is 6.12. The Kier molecular flexibility index (Phi) is 5.67. The van der Waals surface area contributed by atoms with Crippen LogP contribution in [0, 0.1) is 5.92 Å². The van der Waals surface area contributed by atoms with Crippen LogP contribution in [0.3, 0.4) is 0 Å².